The number of ketones is 1. The van der Waals surface area contributed by atoms with Crippen LogP contribution in [0, 0.1) is 10.8 Å². The molecule has 0 amide bonds. The van der Waals surface area contributed by atoms with Gasteiger partial charge in [-0.15, -0.1) is 0 Å². The van der Waals surface area contributed by atoms with Crippen LogP contribution in [-0.4, -0.2) is 11.9 Å². The summed E-state index contributed by atoms with van der Waals surface area (Å²) in [4.78, 5) is 14.0. The molecule has 0 bridgehead atoms. The Bertz CT molecular complexity index is 1300. The molecule has 0 radical (unpaired) electrons. The van der Waals surface area contributed by atoms with Crippen molar-refractivity contribution in [2.45, 2.75) is 44.3 Å². The number of ether oxygens (including phenoxy) is 1. The fourth-order valence-corrected chi connectivity index (χ4v) is 7.07. The highest BCUT2D eigenvalue weighted by Gasteiger charge is 2.75. The molecule has 0 saturated heterocycles. The van der Waals surface area contributed by atoms with Crippen molar-refractivity contribution < 1.29 is 9.53 Å². The van der Waals surface area contributed by atoms with E-state index in [1.165, 1.54) is 22.3 Å². The lowest BCUT2D eigenvalue weighted by Gasteiger charge is -2.58. The molecule has 2 fully saturated rings. The number of hydrogen-bond acceptors (Lipinski definition) is 2. The zero-order valence-corrected chi connectivity index (χ0v) is 20.6. The molecule has 4 aromatic carbocycles. The van der Waals surface area contributed by atoms with Crippen LogP contribution < -0.4 is 0 Å². The second-order valence-corrected chi connectivity index (χ2v) is 10.5. The summed E-state index contributed by atoms with van der Waals surface area (Å²) in [7, 11) is 0. The van der Waals surface area contributed by atoms with E-state index >= 15 is 0 Å². The first-order valence-electron chi connectivity index (χ1n) is 13.0. The minimum absolute atomic E-state index is 0.00420. The summed E-state index contributed by atoms with van der Waals surface area (Å²) >= 11 is 0. The van der Waals surface area contributed by atoms with Gasteiger partial charge < -0.3 is 4.74 Å². The molecule has 2 heteroatoms. The van der Waals surface area contributed by atoms with Crippen molar-refractivity contribution in [2.75, 3.05) is 0 Å². The van der Waals surface area contributed by atoms with Crippen molar-refractivity contribution >= 4 is 5.78 Å². The minimum atomic E-state index is -0.479. The maximum absolute atomic E-state index is 14.0. The highest BCUT2D eigenvalue weighted by atomic mass is 16.5. The fraction of sp³-hybridized carbons (Fsp3) is 0.265. The van der Waals surface area contributed by atoms with E-state index < -0.39 is 5.41 Å². The maximum atomic E-state index is 14.0. The third-order valence-corrected chi connectivity index (χ3v) is 8.71. The van der Waals surface area contributed by atoms with Crippen LogP contribution in [-0.2, 0) is 29.0 Å². The Morgan fingerprint density at radius 2 is 1.14 bits per heavy atom. The van der Waals surface area contributed by atoms with Crippen LogP contribution in [0.3, 0.4) is 0 Å². The van der Waals surface area contributed by atoms with E-state index in [4.69, 9.17) is 4.74 Å². The number of benzene rings is 4. The number of fused-ring (bicyclic) bond motifs is 1. The average Bonchev–Trinajstić information content (AvgIpc) is 3.14. The average molecular weight is 473 g/mol. The summed E-state index contributed by atoms with van der Waals surface area (Å²) in [6.45, 7) is 0.569. The highest BCUT2D eigenvalue weighted by Crippen LogP contribution is 2.72. The number of rotatable bonds is 8. The van der Waals surface area contributed by atoms with E-state index in [1.807, 2.05) is 6.07 Å². The van der Waals surface area contributed by atoms with Gasteiger partial charge >= 0.3 is 0 Å². The minimum Gasteiger partial charge on any atom is -0.373 e. The van der Waals surface area contributed by atoms with Gasteiger partial charge in [-0.05, 0) is 47.4 Å². The van der Waals surface area contributed by atoms with Crippen molar-refractivity contribution in [1.82, 2.24) is 0 Å². The Labute approximate surface area is 214 Å². The summed E-state index contributed by atoms with van der Waals surface area (Å²) in [6.07, 6.45) is 3.06. The summed E-state index contributed by atoms with van der Waals surface area (Å²) in [5.74, 6) is 0.520. The van der Waals surface area contributed by atoms with Crippen molar-refractivity contribution in [2.24, 2.45) is 10.8 Å². The second-order valence-electron chi connectivity index (χ2n) is 10.5. The number of carbonyl (C=O) groups excluding carboxylic acids is 1. The Balaban J connectivity index is 1.46. The fourth-order valence-electron chi connectivity index (χ4n) is 7.07. The molecule has 0 unspecified atom stereocenters. The standard InChI is InChI=1S/C34H32O2/c35-31-24-33(22-26-13-5-1-6-14-26)32(36-25-28-17-9-3-10-18-28)21-30(29-19-11-4-12-20-29)34(31,33)23-27-15-7-2-8-16-27/h1-20,30,32H,21-25H2/t30-,32+,33+,34+/m1/s1. The first-order valence-corrected chi connectivity index (χ1v) is 13.0. The molecular weight excluding hydrogens is 440 g/mol. The molecule has 2 nitrogen and oxygen atoms in total. The molecule has 36 heavy (non-hydrogen) atoms. The van der Waals surface area contributed by atoms with Crippen LogP contribution in [0.15, 0.2) is 121 Å². The van der Waals surface area contributed by atoms with Gasteiger partial charge in [0, 0.05) is 17.3 Å². The highest BCUT2D eigenvalue weighted by molar-refractivity contribution is 5.96. The van der Waals surface area contributed by atoms with Crippen LogP contribution in [0.2, 0.25) is 0 Å². The predicted octanol–water partition coefficient (Wildman–Crippen LogP) is 7.19. The Hall–Kier alpha value is -3.49. The van der Waals surface area contributed by atoms with Gasteiger partial charge in [-0.3, -0.25) is 4.79 Å². The predicted molar refractivity (Wildman–Crippen MR) is 144 cm³/mol. The second kappa shape index (κ2) is 9.52. The molecule has 2 aliphatic rings. The molecule has 180 valence electrons. The Morgan fingerprint density at radius 3 is 1.69 bits per heavy atom. The van der Waals surface area contributed by atoms with E-state index in [1.54, 1.807) is 0 Å². The summed E-state index contributed by atoms with van der Waals surface area (Å²) in [5, 5.41) is 0. The van der Waals surface area contributed by atoms with Crippen molar-refractivity contribution in [3.8, 4) is 0 Å². The third kappa shape index (κ3) is 3.81. The molecule has 0 heterocycles. The molecule has 0 N–H and O–H groups in total. The lowest BCUT2D eigenvalue weighted by molar-refractivity contribution is -0.174. The third-order valence-electron chi connectivity index (χ3n) is 8.71. The van der Waals surface area contributed by atoms with Crippen molar-refractivity contribution in [3.63, 3.8) is 0 Å². The number of hydrogen-bond donors (Lipinski definition) is 0. The van der Waals surface area contributed by atoms with Crippen LogP contribution in [0.4, 0.5) is 0 Å². The summed E-state index contributed by atoms with van der Waals surface area (Å²) in [6, 6.07) is 42.3. The number of carbonyl (C=O) groups is 1. The largest absolute Gasteiger partial charge is 0.373 e. The molecule has 6 rings (SSSR count). The van der Waals surface area contributed by atoms with Gasteiger partial charge in [0.25, 0.3) is 0 Å². The van der Waals surface area contributed by atoms with E-state index in [0.717, 1.165) is 19.3 Å². The maximum Gasteiger partial charge on any atom is 0.141 e. The van der Waals surface area contributed by atoms with Gasteiger partial charge in [-0.1, -0.05) is 121 Å². The number of Topliss-reactive ketones (excluding diaryl/α,β-unsaturated/α-hetero) is 1. The Kier molecular flexibility index (Phi) is 6.07. The van der Waals surface area contributed by atoms with E-state index in [-0.39, 0.29) is 17.4 Å². The van der Waals surface area contributed by atoms with E-state index in [2.05, 4.69) is 115 Å². The first kappa shape index (κ1) is 22.9. The summed E-state index contributed by atoms with van der Waals surface area (Å²) < 4.78 is 6.81. The van der Waals surface area contributed by atoms with Gasteiger partial charge in [0.2, 0.25) is 0 Å². The normalized spacial score (nSPS) is 26.8. The van der Waals surface area contributed by atoms with Crippen LogP contribution in [0.25, 0.3) is 0 Å². The zero-order chi connectivity index (χ0) is 24.4. The smallest absolute Gasteiger partial charge is 0.141 e. The first-order chi connectivity index (χ1) is 17.7. The topological polar surface area (TPSA) is 26.3 Å². The van der Waals surface area contributed by atoms with Crippen LogP contribution in [0.5, 0.6) is 0 Å². The molecule has 0 aliphatic heterocycles. The molecule has 2 saturated carbocycles. The van der Waals surface area contributed by atoms with Gasteiger partial charge in [0.15, 0.2) is 0 Å². The van der Waals surface area contributed by atoms with Gasteiger partial charge in [-0.2, -0.15) is 0 Å². The van der Waals surface area contributed by atoms with E-state index in [9.17, 15) is 4.79 Å². The van der Waals surface area contributed by atoms with E-state index in [0.29, 0.717) is 18.8 Å². The molecule has 0 spiro atoms. The lowest BCUT2D eigenvalue weighted by atomic mass is 9.43. The van der Waals surface area contributed by atoms with Gasteiger partial charge in [0.05, 0.1) is 12.7 Å². The monoisotopic (exact) mass is 472 g/mol. The van der Waals surface area contributed by atoms with Crippen molar-refractivity contribution in [3.05, 3.63) is 144 Å². The van der Waals surface area contributed by atoms with Gasteiger partial charge in [0.1, 0.15) is 5.78 Å². The molecule has 4 aromatic rings. The van der Waals surface area contributed by atoms with Crippen LogP contribution >= 0.6 is 0 Å². The Morgan fingerprint density at radius 1 is 0.639 bits per heavy atom. The zero-order valence-electron chi connectivity index (χ0n) is 20.6. The van der Waals surface area contributed by atoms with Crippen LogP contribution in [0.1, 0.15) is 41.0 Å². The molecule has 0 aromatic heterocycles. The summed E-state index contributed by atoms with van der Waals surface area (Å²) in [5.41, 5.74) is 4.22. The van der Waals surface area contributed by atoms with Gasteiger partial charge in [-0.25, -0.2) is 0 Å². The lowest BCUT2D eigenvalue weighted by Crippen LogP contribution is -2.63. The molecule has 2 aliphatic carbocycles. The SMILES string of the molecule is O=C1C[C@@]2(Cc3ccccc3)[C@@H](OCc3ccccc3)C[C@H](c3ccccc3)[C@@]12Cc1ccccc1. The molecular formula is C34H32O2. The van der Waals surface area contributed by atoms with Crippen molar-refractivity contribution in [1.29, 1.82) is 0 Å². The quantitative estimate of drug-likeness (QED) is 0.271. The molecule has 4 atom stereocenters.